The molecule has 1 unspecified atom stereocenters. The van der Waals surface area contributed by atoms with Crippen LogP contribution in [0.5, 0.6) is 0 Å². The summed E-state index contributed by atoms with van der Waals surface area (Å²) in [6.45, 7) is 5.43. The molecule has 33 heavy (non-hydrogen) atoms. The number of aromatic nitrogens is 4. The molecular formula is C24H23F2N5O2. The highest BCUT2D eigenvalue weighted by molar-refractivity contribution is 5.76. The Morgan fingerprint density at radius 2 is 1.91 bits per heavy atom. The molecule has 0 fully saturated rings. The number of nitrogens with one attached hydrogen (secondary N) is 1. The average Bonchev–Trinajstić information content (AvgIpc) is 3.42. The molecule has 2 aromatic carbocycles. The summed E-state index contributed by atoms with van der Waals surface area (Å²) in [5.41, 5.74) is 3.59. The van der Waals surface area contributed by atoms with Crippen LogP contribution in [0.4, 0.5) is 8.78 Å². The van der Waals surface area contributed by atoms with Gasteiger partial charge in [-0.2, -0.15) is 10.1 Å². The van der Waals surface area contributed by atoms with Crippen molar-refractivity contribution in [2.75, 3.05) is 0 Å². The fourth-order valence-corrected chi connectivity index (χ4v) is 3.56. The van der Waals surface area contributed by atoms with Crippen LogP contribution >= 0.6 is 0 Å². The smallest absolute Gasteiger partial charge is 0.227 e. The van der Waals surface area contributed by atoms with Crippen molar-refractivity contribution >= 4 is 5.91 Å². The fourth-order valence-electron chi connectivity index (χ4n) is 3.56. The number of amides is 1. The molecule has 0 aliphatic rings. The Morgan fingerprint density at radius 3 is 2.64 bits per heavy atom. The highest BCUT2D eigenvalue weighted by Crippen LogP contribution is 2.21. The summed E-state index contributed by atoms with van der Waals surface area (Å²) in [5.74, 6) is -0.105. The van der Waals surface area contributed by atoms with Gasteiger partial charge in [-0.05, 0) is 68.8 Å². The molecule has 0 radical (unpaired) electrons. The van der Waals surface area contributed by atoms with Crippen LogP contribution < -0.4 is 5.32 Å². The lowest BCUT2D eigenvalue weighted by atomic mass is 10.1. The molecule has 2 heterocycles. The molecule has 4 aromatic rings. The van der Waals surface area contributed by atoms with Gasteiger partial charge in [0.05, 0.1) is 17.9 Å². The molecule has 0 aliphatic heterocycles. The van der Waals surface area contributed by atoms with Crippen LogP contribution in [0.2, 0.25) is 0 Å². The quantitative estimate of drug-likeness (QED) is 0.443. The van der Waals surface area contributed by atoms with E-state index in [0.29, 0.717) is 22.8 Å². The molecule has 1 N–H and O–H groups in total. The van der Waals surface area contributed by atoms with E-state index in [4.69, 9.17) is 4.52 Å². The highest BCUT2D eigenvalue weighted by Gasteiger charge is 2.17. The Morgan fingerprint density at radius 1 is 1.15 bits per heavy atom. The zero-order chi connectivity index (χ0) is 23.5. The number of carbonyl (C=O) groups excluding carboxylic acids is 1. The second-order valence-corrected chi connectivity index (χ2v) is 7.84. The first-order chi connectivity index (χ1) is 15.8. The van der Waals surface area contributed by atoms with Crippen molar-refractivity contribution in [1.29, 1.82) is 0 Å². The maximum absolute atomic E-state index is 13.5. The van der Waals surface area contributed by atoms with Crippen LogP contribution in [0, 0.1) is 25.5 Å². The van der Waals surface area contributed by atoms with Crippen molar-refractivity contribution < 1.29 is 18.1 Å². The van der Waals surface area contributed by atoms with E-state index in [0.717, 1.165) is 16.9 Å². The summed E-state index contributed by atoms with van der Waals surface area (Å²) in [6, 6.07) is 10.4. The van der Waals surface area contributed by atoms with Crippen molar-refractivity contribution in [3.63, 3.8) is 0 Å². The first-order valence-electron chi connectivity index (χ1n) is 10.5. The van der Waals surface area contributed by atoms with E-state index in [9.17, 15) is 13.6 Å². The van der Waals surface area contributed by atoms with Gasteiger partial charge in [0, 0.05) is 29.7 Å². The third-order valence-corrected chi connectivity index (χ3v) is 5.41. The van der Waals surface area contributed by atoms with Gasteiger partial charge < -0.3 is 9.84 Å². The van der Waals surface area contributed by atoms with Crippen LogP contribution in [0.3, 0.4) is 0 Å². The number of hydrogen-bond donors (Lipinski definition) is 1. The molecule has 2 aromatic heterocycles. The van der Waals surface area contributed by atoms with E-state index in [1.807, 2.05) is 13.8 Å². The van der Waals surface area contributed by atoms with Crippen molar-refractivity contribution in [2.45, 2.75) is 39.7 Å². The van der Waals surface area contributed by atoms with Crippen LogP contribution in [0.15, 0.2) is 53.2 Å². The number of hydrogen-bond acceptors (Lipinski definition) is 5. The molecular weight excluding hydrogens is 428 g/mol. The van der Waals surface area contributed by atoms with Crippen molar-refractivity contribution in [2.24, 2.45) is 0 Å². The second-order valence-electron chi connectivity index (χ2n) is 7.84. The van der Waals surface area contributed by atoms with Crippen LogP contribution in [-0.4, -0.2) is 25.8 Å². The minimum Gasteiger partial charge on any atom is -0.349 e. The Balaban J connectivity index is 1.35. The predicted octanol–water partition coefficient (Wildman–Crippen LogP) is 4.63. The van der Waals surface area contributed by atoms with Crippen LogP contribution in [0.25, 0.3) is 17.1 Å². The van der Waals surface area contributed by atoms with Gasteiger partial charge in [-0.25, -0.2) is 13.5 Å². The third kappa shape index (κ3) is 4.97. The number of halogens is 2. The SMILES string of the molecule is Cc1cc(-c2noc(CCC(=O)NC(C)c3cnn(-c4ccc(F)cc4)c3C)n2)ccc1F. The summed E-state index contributed by atoms with van der Waals surface area (Å²) >= 11 is 0. The molecule has 0 saturated carbocycles. The average molecular weight is 451 g/mol. The summed E-state index contributed by atoms with van der Waals surface area (Å²) in [4.78, 5) is 16.8. The number of aryl methyl sites for hydroxylation is 2. The topological polar surface area (TPSA) is 85.8 Å². The molecule has 1 atom stereocenters. The molecule has 0 aliphatic carbocycles. The molecule has 1 amide bonds. The van der Waals surface area contributed by atoms with Gasteiger partial charge >= 0.3 is 0 Å². The van der Waals surface area contributed by atoms with Gasteiger partial charge in [0.1, 0.15) is 11.6 Å². The first-order valence-corrected chi connectivity index (χ1v) is 10.5. The lowest BCUT2D eigenvalue weighted by molar-refractivity contribution is -0.121. The van der Waals surface area contributed by atoms with E-state index in [-0.39, 0.29) is 36.4 Å². The first kappa shape index (κ1) is 22.3. The summed E-state index contributed by atoms with van der Waals surface area (Å²) < 4.78 is 33.6. The monoisotopic (exact) mass is 451 g/mol. The number of rotatable bonds is 7. The van der Waals surface area contributed by atoms with Gasteiger partial charge in [-0.3, -0.25) is 4.79 Å². The largest absolute Gasteiger partial charge is 0.349 e. The lowest BCUT2D eigenvalue weighted by Crippen LogP contribution is -2.27. The Kier molecular flexibility index (Phi) is 6.30. The van der Waals surface area contributed by atoms with Crippen molar-refractivity contribution in [1.82, 2.24) is 25.2 Å². The molecule has 4 rings (SSSR count). The Bertz CT molecular complexity index is 1280. The molecule has 0 bridgehead atoms. The number of benzene rings is 2. The lowest BCUT2D eigenvalue weighted by Gasteiger charge is -2.14. The normalized spacial score (nSPS) is 12.0. The van der Waals surface area contributed by atoms with E-state index in [1.54, 1.807) is 42.1 Å². The molecule has 7 nitrogen and oxygen atoms in total. The van der Waals surface area contributed by atoms with Crippen molar-refractivity contribution in [3.05, 3.63) is 83.0 Å². The van der Waals surface area contributed by atoms with Gasteiger partial charge in [0.15, 0.2) is 0 Å². The number of nitrogens with zero attached hydrogens (tertiary/aromatic N) is 4. The molecule has 0 spiro atoms. The molecule has 9 heteroatoms. The number of carbonyl (C=O) groups is 1. The summed E-state index contributed by atoms with van der Waals surface area (Å²) in [7, 11) is 0. The Labute approximate surface area is 189 Å². The van der Waals surface area contributed by atoms with E-state index < -0.39 is 0 Å². The Hall–Kier alpha value is -3.88. The minimum absolute atomic E-state index is 0.166. The summed E-state index contributed by atoms with van der Waals surface area (Å²) in [5, 5.41) is 11.2. The fraction of sp³-hybridized carbons (Fsp3) is 0.250. The second kappa shape index (κ2) is 9.32. The molecule has 170 valence electrons. The van der Waals surface area contributed by atoms with E-state index >= 15 is 0 Å². The third-order valence-electron chi connectivity index (χ3n) is 5.41. The van der Waals surface area contributed by atoms with Crippen molar-refractivity contribution in [3.8, 4) is 17.1 Å². The van der Waals surface area contributed by atoms with Crippen LogP contribution in [-0.2, 0) is 11.2 Å². The zero-order valence-corrected chi connectivity index (χ0v) is 18.5. The van der Waals surface area contributed by atoms with Gasteiger partial charge in [0.25, 0.3) is 0 Å². The van der Waals surface area contributed by atoms with Crippen LogP contribution in [0.1, 0.15) is 42.1 Å². The maximum Gasteiger partial charge on any atom is 0.227 e. The maximum atomic E-state index is 13.5. The standard InChI is InChI=1S/C24H23F2N5O2/c1-14-12-17(4-9-21(14)26)24-29-23(33-30-24)11-10-22(32)28-15(2)20-13-27-31(16(20)3)19-7-5-18(25)6-8-19/h4-9,12-13,15H,10-11H2,1-3H3,(H,28,32). The predicted molar refractivity (Wildman–Crippen MR) is 118 cm³/mol. The van der Waals surface area contributed by atoms with E-state index in [1.165, 1.54) is 18.2 Å². The van der Waals surface area contributed by atoms with Gasteiger partial charge in [0.2, 0.25) is 17.6 Å². The molecule has 0 saturated heterocycles. The van der Waals surface area contributed by atoms with Gasteiger partial charge in [-0.1, -0.05) is 5.16 Å². The van der Waals surface area contributed by atoms with Gasteiger partial charge in [-0.15, -0.1) is 0 Å². The zero-order valence-electron chi connectivity index (χ0n) is 18.5. The van der Waals surface area contributed by atoms with E-state index in [2.05, 4.69) is 20.6 Å². The minimum atomic E-state index is -0.314. The summed E-state index contributed by atoms with van der Waals surface area (Å²) in [6.07, 6.45) is 2.14. The highest BCUT2D eigenvalue weighted by atomic mass is 19.1.